The Morgan fingerprint density at radius 1 is 0.689 bits per heavy atom. The van der Waals surface area contributed by atoms with Gasteiger partial charge in [-0.05, 0) is 11.6 Å². The Bertz CT molecular complexity index is 1460. The van der Waals surface area contributed by atoms with Gasteiger partial charge in [-0.25, -0.2) is 0 Å². The van der Waals surface area contributed by atoms with Gasteiger partial charge in [0.25, 0.3) is 5.91 Å². The van der Waals surface area contributed by atoms with E-state index in [4.69, 9.17) is 14.2 Å². The van der Waals surface area contributed by atoms with Gasteiger partial charge in [0.15, 0.2) is 6.61 Å². The number of alkyl halides is 3. The third kappa shape index (κ3) is 12.8. The fraction of sp³-hybridized carbons (Fsp3) is 0.267. The number of rotatable bonds is 16. The molecule has 0 fully saturated rings. The standard InChI is InChI=1S/C30H30F3N4O7.Tl/c31-30(32,33)29(41)37-12-11-36-27(39)18-42-24-8-4-7-21(14-24)22-13-23(28(40)44-17-20-5-2-1-3-6-20)16-25(15-22)43-19-26(38)35-10-9-34;/h1-8,13-16,34H,9-12,17-19H2,(H,35,38)(H,36,39)(H,37,41);/q-1;+1. The summed E-state index contributed by atoms with van der Waals surface area (Å²) in [6.45, 7) is -0.190. The van der Waals surface area contributed by atoms with E-state index in [0.717, 1.165) is 5.56 Å². The summed E-state index contributed by atoms with van der Waals surface area (Å²) in [4.78, 5) is 48.1. The number of benzene rings is 3. The number of halogens is 3. The van der Waals surface area contributed by atoms with Crippen LogP contribution in [0.15, 0.2) is 72.8 Å². The fourth-order valence-electron chi connectivity index (χ4n) is 3.69. The molecular formula is C30H30F3N4O7Tl. The predicted molar refractivity (Wildman–Crippen MR) is 157 cm³/mol. The minimum atomic E-state index is -5.00. The van der Waals surface area contributed by atoms with Crippen LogP contribution in [0.3, 0.4) is 0 Å². The maximum atomic E-state index is 13.0. The number of hydrogen-bond donors (Lipinski definition) is 4. The van der Waals surface area contributed by atoms with Crippen LogP contribution in [0.5, 0.6) is 11.5 Å². The number of esters is 1. The zero-order valence-corrected chi connectivity index (χ0v) is 28.4. The molecule has 3 aromatic rings. The van der Waals surface area contributed by atoms with Gasteiger partial charge in [0.2, 0.25) is 0 Å². The van der Waals surface area contributed by atoms with Crippen molar-refractivity contribution in [3.63, 3.8) is 0 Å². The van der Waals surface area contributed by atoms with Gasteiger partial charge >= 0.3 is 150 Å². The fourth-order valence-corrected chi connectivity index (χ4v) is 4.25. The summed E-state index contributed by atoms with van der Waals surface area (Å²) in [5.74, 6) is -3.10. The Labute approximate surface area is 273 Å². The van der Waals surface area contributed by atoms with Crippen LogP contribution in [0.2, 0.25) is 0 Å². The summed E-state index contributed by atoms with van der Waals surface area (Å²) in [6, 6.07) is 20.5. The first-order chi connectivity index (χ1) is 21.5. The number of nitrogens with one attached hydrogen (secondary N) is 4. The maximum absolute atomic E-state index is 13.0. The SMILES string of the molecule is O=C(COc1cc(C(=O)OCc2ccccc2)cc(-c2cccc(OCC(=O)NCCNC(=O)C(F)(F)F)c2)c1)NCC[NH][Tl]. The van der Waals surface area contributed by atoms with E-state index in [-0.39, 0.29) is 37.0 Å². The van der Waals surface area contributed by atoms with Crippen molar-refractivity contribution in [2.75, 3.05) is 39.4 Å². The number of hydrogen-bond acceptors (Lipinski definition) is 8. The third-order valence-corrected chi connectivity index (χ3v) is 6.97. The molecule has 3 rings (SSSR count). The van der Waals surface area contributed by atoms with Crippen molar-refractivity contribution in [2.45, 2.75) is 12.8 Å². The molecule has 15 heteroatoms. The van der Waals surface area contributed by atoms with Gasteiger partial charge < -0.3 is 15.4 Å². The summed E-state index contributed by atoms with van der Waals surface area (Å²) in [6.07, 6.45) is -5.00. The molecule has 0 aliphatic rings. The molecule has 236 valence electrons. The van der Waals surface area contributed by atoms with Crippen LogP contribution in [-0.2, 0) is 25.7 Å². The molecule has 0 aliphatic heterocycles. The van der Waals surface area contributed by atoms with Crippen LogP contribution in [0.1, 0.15) is 15.9 Å². The summed E-state index contributed by atoms with van der Waals surface area (Å²) in [7, 11) is 0. The first-order valence-electron chi connectivity index (χ1n) is 13.6. The van der Waals surface area contributed by atoms with Crippen LogP contribution in [0, 0.1) is 0 Å². The minimum absolute atomic E-state index is 0.0531. The van der Waals surface area contributed by atoms with E-state index >= 15 is 0 Å². The average Bonchev–Trinajstić information content (AvgIpc) is 3.03. The Balaban J connectivity index is 1.68. The Morgan fingerprint density at radius 3 is 1.98 bits per heavy atom. The molecule has 0 unspecified atom stereocenters. The second-order valence-electron chi connectivity index (χ2n) is 9.32. The van der Waals surface area contributed by atoms with Crippen molar-refractivity contribution in [3.8, 4) is 22.6 Å². The monoisotopic (exact) mass is 820 g/mol. The molecule has 45 heavy (non-hydrogen) atoms. The van der Waals surface area contributed by atoms with Crippen molar-refractivity contribution in [1.29, 1.82) is 0 Å². The first-order valence-corrected chi connectivity index (χ1v) is 15.8. The van der Waals surface area contributed by atoms with Crippen molar-refractivity contribution in [1.82, 2.24) is 19.1 Å². The van der Waals surface area contributed by atoms with Crippen LogP contribution in [0.4, 0.5) is 13.2 Å². The van der Waals surface area contributed by atoms with Gasteiger partial charge in [-0.2, -0.15) is 13.2 Å². The molecule has 0 bridgehead atoms. The Morgan fingerprint density at radius 2 is 1.31 bits per heavy atom. The van der Waals surface area contributed by atoms with Crippen molar-refractivity contribution in [3.05, 3.63) is 83.9 Å². The average molecular weight is 820 g/mol. The van der Waals surface area contributed by atoms with Gasteiger partial charge in [-0.15, -0.1) is 0 Å². The zero-order valence-electron chi connectivity index (χ0n) is 23.9. The number of amides is 3. The molecule has 4 N–H and O–H groups in total. The zero-order chi connectivity index (χ0) is 32.7. The molecular weight excluding hydrogens is 790 g/mol. The summed E-state index contributed by atoms with van der Waals surface area (Å²) < 4.78 is 56.5. The van der Waals surface area contributed by atoms with E-state index < -0.39 is 37.1 Å². The summed E-state index contributed by atoms with van der Waals surface area (Å²) in [5.41, 5.74) is 2.12. The van der Waals surface area contributed by atoms with Crippen LogP contribution in [0.25, 0.3) is 11.1 Å². The first kappa shape index (κ1) is 35.3. The molecule has 0 aromatic heterocycles. The Kier molecular flexibility index (Phi) is 14.1. The van der Waals surface area contributed by atoms with E-state index in [1.54, 1.807) is 41.7 Å². The second-order valence-corrected chi connectivity index (χ2v) is 10.9. The molecule has 3 aromatic carbocycles. The van der Waals surface area contributed by atoms with Crippen molar-refractivity contribution < 1.29 is 46.6 Å². The van der Waals surface area contributed by atoms with Crippen molar-refractivity contribution in [2.24, 2.45) is 0 Å². The van der Waals surface area contributed by atoms with Crippen LogP contribution < -0.4 is 28.6 Å². The van der Waals surface area contributed by atoms with E-state index in [9.17, 15) is 32.3 Å². The molecule has 0 atom stereocenters. The quantitative estimate of drug-likeness (QED) is 0.0979. The van der Waals surface area contributed by atoms with E-state index in [0.29, 0.717) is 56.0 Å². The molecule has 0 heterocycles. The number of carbonyl (C=O) groups is 4. The predicted octanol–water partition coefficient (Wildman–Crippen LogP) is 2.05. The summed E-state index contributed by atoms with van der Waals surface area (Å²) >= 11 is 0.613. The van der Waals surface area contributed by atoms with Gasteiger partial charge in [0, 0.05) is 13.1 Å². The molecule has 0 radical (unpaired) electrons. The number of ether oxygens (including phenoxy) is 3. The topological polar surface area (TPSA) is 144 Å². The van der Waals surface area contributed by atoms with E-state index in [2.05, 4.69) is 13.8 Å². The van der Waals surface area contributed by atoms with Gasteiger partial charge in [-0.1, -0.05) is 36.4 Å². The van der Waals surface area contributed by atoms with Gasteiger partial charge in [0.05, 0.1) is 0 Å². The Hall–Kier alpha value is -4.19. The van der Waals surface area contributed by atoms with E-state index in [1.807, 2.05) is 30.3 Å². The summed E-state index contributed by atoms with van der Waals surface area (Å²) in [5, 5.41) is 6.73. The molecule has 0 saturated carbocycles. The molecule has 0 saturated heterocycles. The normalized spacial score (nSPS) is 10.8. The molecule has 3 amide bonds. The van der Waals surface area contributed by atoms with E-state index in [1.165, 1.54) is 6.07 Å². The second kappa shape index (κ2) is 17.9. The third-order valence-electron chi connectivity index (χ3n) is 5.84. The molecule has 11 nitrogen and oxygen atoms in total. The molecule has 0 aliphatic carbocycles. The van der Waals surface area contributed by atoms with Crippen molar-refractivity contribution >= 4 is 49.8 Å². The molecule has 0 spiro atoms. The van der Waals surface area contributed by atoms with Gasteiger partial charge in [-0.3, -0.25) is 9.59 Å². The van der Waals surface area contributed by atoms with Crippen LogP contribution >= 0.6 is 0 Å². The number of carbonyl (C=O) groups excluding carboxylic acids is 4. The van der Waals surface area contributed by atoms with Gasteiger partial charge in [0.1, 0.15) is 12.4 Å². The van der Waals surface area contributed by atoms with Crippen LogP contribution in [-0.4, -0.2) is 95.3 Å².